The van der Waals surface area contributed by atoms with E-state index >= 15 is 0 Å². The SMILES string of the molecule is Cc1ccccc1S(=O)(=O)N[C@@H]1CCN(Cc2ccc(OCCO)cc2)C1. The molecule has 1 aliphatic rings. The van der Waals surface area contributed by atoms with E-state index in [9.17, 15) is 8.42 Å². The van der Waals surface area contributed by atoms with Crippen molar-refractivity contribution >= 4 is 10.0 Å². The summed E-state index contributed by atoms with van der Waals surface area (Å²) in [5.41, 5.74) is 1.90. The zero-order valence-electron chi connectivity index (χ0n) is 15.5. The summed E-state index contributed by atoms with van der Waals surface area (Å²) in [7, 11) is -3.50. The van der Waals surface area contributed by atoms with Crippen LogP contribution in [0.3, 0.4) is 0 Å². The molecule has 0 aliphatic carbocycles. The molecule has 1 aliphatic heterocycles. The molecule has 0 amide bonds. The summed E-state index contributed by atoms with van der Waals surface area (Å²) >= 11 is 0. The number of ether oxygens (including phenoxy) is 1. The zero-order valence-corrected chi connectivity index (χ0v) is 16.3. The standard InChI is InChI=1S/C20H26N2O4S/c1-16-4-2-3-5-20(16)27(24,25)21-18-10-11-22(15-18)14-17-6-8-19(9-7-17)26-13-12-23/h2-9,18,21,23H,10-15H2,1H3/t18-/m1/s1. The fraction of sp³-hybridized carbons (Fsp3) is 0.400. The lowest BCUT2D eigenvalue weighted by Gasteiger charge is -2.17. The van der Waals surface area contributed by atoms with Gasteiger partial charge < -0.3 is 9.84 Å². The van der Waals surface area contributed by atoms with Gasteiger partial charge in [-0.05, 0) is 42.7 Å². The number of likely N-dealkylation sites (tertiary alicyclic amines) is 1. The molecule has 0 bridgehead atoms. The van der Waals surface area contributed by atoms with E-state index in [1.54, 1.807) is 12.1 Å². The molecule has 2 aromatic carbocycles. The maximum atomic E-state index is 12.6. The van der Waals surface area contributed by atoms with Crippen LogP contribution < -0.4 is 9.46 Å². The highest BCUT2D eigenvalue weighted by Gasteiger charge is 2.27. The number of aryl methyl sites for hydroxylation is 1. The average molecular weight is 391 g/mol. The molecule has 1 heterocycles. The fourth-order valence-electron chi connectivity index (χ4n) is 3.33. The van der Waals surface area contributed by atoms with Gasteiger partial charge in [-0.25, -0.2) is 13.1 Å². The maximum absolute atomic E-state index is 12.6. The van der Waals surface area contributed by atoms with E-state index in [-0.39, 0.29) is 19.3 Å². The van der Waals surface area contributed by atoms with E-state index in [0.29, 0.717) is 11.4 Å². The maximum Gasteiger partial charge on any atom is 0.241 e. The van der Waals surface area contributed by atoms with E-state index in [4.69, 9.17) is 9.84 Å². The molecule has 0 saturated carbocycles. The Kier molecular flexibility index (Phi) is 6.49. The minimum Gasteiger partial charge on any atom is -0.491 e. The van der Waals surface area contributed by atoms with Crippen LogP contribution in [-0.2, 0) is 16.6 Å². The lowest BCUT2D eigenvalue weighted by molar-refractivity contribution is 0.201. The van der Waals surface area contributed by atoms with Crippen LogP contribution in [0.15, 0.2) is 53.4 Å². The molecule has 7 heteroatoms. The van der Waals surface area contributed by atoms with Gasteiger partial charge in [0.2, 0.25) is 10.0 Å². The Morgan fingerprint density at radius 1 is 1.19 bits per heavy atom. The Bertz CT molecular complexity index is 853. The molecule has 1 atom stereocenters. The lowest BCUT2D eigenvalue weighted by Crippen LogP contribution is -2.37. The molecule has 2 N–H and O–H groups in total. The number of aliphatic hydroxyl groups excluding tert-OH is 1. The topological polar surface area (TPSA) is 78.9 Å². The van der Waals surface area contributed by atoms with Crippen molar-refractivity contribution in [3.05, 3.63) is 59.7 Å². The van der Waals surface area contributed by atoms with E-state index in [1.807, 2.05) is 43.3 Å². The summed E-state index contributed by atoms with van der Waals surface area (Å²) in [6.45, 7) is 4.40. The van der Waals surface area contributed by atoms with E-state index in [2.05, 4.69) is 9.62 Å². The molecule has 3 rings (SSSR count). The van der Waals surface area contributed by atoms with Crippen molar-refractivity contribution in [2.45, 2.75) is 30.8 Å². The van der Waals surface area contributed by atoms with Gasteiger partial charge >= 0.3 is 0 Å². The highest BCUT2D eigenvalue weighted by molar-refractivity contribution is 7.89. The van der Waals surface area contributed by atoms with E-state index < -0.39 is 10.0 Å². The third kappa shape index (κ3) is 5.29. The van der Waals surface area contributed by atoms with Crippen LogP contribution in [-0.4, -0.2) is 50.8 Å². The smallest absolute Gasteiger partial charge is 0.241 e. The van der Waals surface area contributed by atoms with Crippen LogP contribution in [0.2, 0.25) is 0 Å². The second-order valence-electron chi connectivity index (χ2n) is 6.82. The van der Waals surface area contributed by atoms with Gasteiger partial charge in [-0.3, -0.25) is 4.90 Å². The third-order valence-corrected chi connectivity index (χ3v) is 6.35. The Hall–Kier alpha value is -1.93. The molecular weight excluding hydrogens is 364 g/mol. The summed E-state index contributed by atoms with van der Waals surface area (Å²) in [6, 6.07) is 14.7. The summed E-state index contributed by atoms with van der Waals surface area (Å²) in [4.78, 5) is 2.59. The van der Waals surface area contributed by atoms with Crippen LogP contribution >= 0.6 is 0 Å². The zero-order chi connectivity index (χ0) is 19.3. The minimum atomic E-state index is -3.50. The highest BCUT2D eigenvalue weighted by Crippen LogP contribution is 2.19. The Morgan fingerprint density at radius 2 is 1.93 bits per heavy atom. The molecular formula is C20H26N2O4S. The second kappa shape index (κ2) is 8.84. The van der Waals surface area contributed by atoms with Crippen LogP contribution in [0.5, 0.6) is 5.75 Å². The second-order valence-corrected chi connectivity index (χ2v) is 8.51. The average Bonchev–Trinajstić information content (AvgIpc) is 3.07. The molecule has 2 aromatic rings. The van der Waals surface area contributed by atoms with Gasteiger partial charge in [0.1, 0.15) is 12.4 Å². The van der Waals surface area contributed by atoms with Gasteiger partial charge in [-0.1, -0.05) is 30.3 Å². The fourth-order valence-corrected chi connectivity index (χ4v) is 4.83. The van der Waals surface area contributed by atoms with Crippen LogP contribution in [0, 0.1) is 6.92 Å². The molecule has 27 heavy (non-hydrogen) atoms. The van der Waals surface area contributed by atoms with Gasteiger partial charge in [-0.15, -0.1) is 0 Å². The van der Waals surface area contributed by atoms with Crippen molar-refractivity contribution in [1.29, 1.82) is 0 Å². The predicted molar refractivity (Wildman–Crippen MR) is 104 cm³/mol. The quantitative estimate of drug-likeness (QED) is 0.720. The van der Waals surface area contributed by atoms with Crippen LogP contribution in [0.4, 0.5) is 0 Å². The van der Waals surface area contributed by atoms with E-state index in [0.717, 1.165) is 36.4 Å². The summed E-state index contributed by atoms with van der Waals surface area (Å²) < 4.78 is 33.5. The van der Waals surface area contributed by atoms with Crippen molar-refractivity contribution in [2.24, 2.45) is 0 Å². The molecule has 0 aromatic heterocycles. The van der Waals surface area contributed by atoms with Crippen LogP contribution in [0.25, 0.3) is 0 Å². The largest absolute Gasteiger partial charge is 0.491 e. The minimum absolute atomic E-state index is 0.00463. The Balaban J connectivity index is 1.55. The first-order valence-electron chi connectivity index (χ1n) is 9.11. The first kappa shape index (κ1) is 19.8. The number of hydrogen-bond acceptors (Lipinski definition) is 5. The van der Waals surface area contributed by atoms with Crippen molar-refractivity contribution in [2.75, 3.05) is 26.3 Å². The first-order chi connectivity index (χ1) is 13.0. The Morgan fingerprint density at radius 3 is 2.63 bits per heavy atom. The number of aliphatic hydroxyl groups is 1. The normalized spacial score (nSPS) is 17.9. The monoisotopic (exact) mass is 390 g/mol. The van der Waals surface area contributed by atoms with Crippen molar-refractivity contribution in [3.8, 4) is 5.75 Å². The highest BCUT2D eigenvalue weighted by atomic mass is 32.2. The molecule has 0 spiro atoms. The van der Waals surface area contributed by atoms with Gasteiger partial charge in [0, 0.05) is 25.7 Å². The summed E-state index contributed by atoms with van der Waals surface area (Å²) in [5.74, 6) is 0.734. The number of nitrogens with one attached hydrogen (secondary N) is 1. The predicted octanol–water partition coefficient (Wildman–Crippen LogP) is 1.92. The molecule has 146 valence electrons. The molecule has 6 nitrogen and oxygen atoms in total. The molecule has 0 unspecified atom stereocenters. The third-order valence-electron chi connectivity index (χ3n) is 4.67. The first-order valence-corrected chi connectivity index (χ1v) is 10.6. The number of benzene rings is 2. The number of hydrogen-bond donors (Lipinski definition) is 2. The van der Waals surface area contributed by atoms with E-state index in [1.165, 1.54) is 0 Å². The van der Waals surface area contributed by atoms with Gasteiger partial charge in [0.25, 0.3) is 0 Å². The lowest BCUT2D eigenvalue weighted by atomic mass is 10.2. The summed E-state index contributed by atoms with van der Waals surface area (Å²) in [6.07, 6.45) is 0.794. The number of nitrogens with zero attached hydrogens (tertiary/aromatic N) is 1. The van der Waals surface area contributed by atoms with Crippen molar-refractivity contribution in [1.82, 2.24) is 9.62 Å². The van der Waals surface area contributed by atoms with Gasteiger partial charge in [0.05, 0.1) is 11.5 Å². The number of rotatable bonds is 8. The van der Waals surface area contributed by atoms with Crippen molar-refractivity contribution in [3.63, 3.8) is 0 Å². The molecule has 1 fully saturated rings. The summed E-state index contributed by atoms with van der Waals surface area (Å²) in [5, 5.41) is 8.78. The van der Waals surface area contributed by atoms with Gasteiger partial charge in [0.15, 0.2) is 0 Å². The number of sulfonamides is 1. The van der Waals surface area contributed by atoms with Gasteiger partial charge in [-0.2, -0.15) is 0 Å². The molecule has 1 saturated heterocycles. The van der Waals surface area contributed by atoms with Crippen molar-refractivity contribution < 1.29 is 18.3 Å². The van der Waals surface area contributed by atoms with Crippen LogP contribution in [0.1, 0.15) is 17.5 Å². The molecule has 0 radical (unpaired) electrons. The Labute approximate surface area is 160 Å².